The maximum absolute atomic E-state index is 4.93. The predicted molar refractivity (Wildman–Crippen MR) is 216 cm³/mol. The summed E-state index contributed by atoms with van der Waals surface area (Å²) in [7, 11) is 19.7. The summed E-state index contributed by atoms with van der Waals surface area (Å²) in [4.78, 5) is 4.90. The largest absolute Gasteiger partial charge is 0.258 e. The molecule has 282 valence electrons. The van der Waals surface area contributed by atoms with Crippen molar-refractivity contribution < 1.29 is 41.7 Å². The van der Waals surface area contributed by atoms with Crippen LogP contribution in [-0.2, 0) is 54.5 Å². The Morgan fingerprint density at radius 2 is 0.646 bits per heavy atom. The Kier molecular flexibility index (Phi) is 37.2. The molecule has 0 saturated heterocycles. The van der Waals surface area contributed by atoms with Gasteiger partial charge in [0.15, 0.2) is 0 Å². The fourth-order valence-electron chi connectivity index (χ4n) is 8.57. The van der Waals surface area contributed by atoms with Gasteiger partial charge in [-0.3, -0.25) is 4.98 Å². The second-order valence-corrected chi connectivity index (χ2v) is 22.5. The van der Waals surface area contributed by atoms with Gasteiger partial charge in [0.1, 0.15) is 0 Å². The van der Waals surface area contributed by atoms with Crippen molar-refractivity contribution in [2.75, 3.05) is 0 Å². The first-order valence-electron chi connectivity index (χ1n) is 17.7. The van der Waals surface area contributed by atoms with Crippen LogP contribution in [0, 0.1) is 101 Å². The molecule has 0 N–H and O–H groups in total. The molecule has 1 aromatic rings. The molecule has 1 aromatic heterocycles. The Morgan fingerprint density at radius 1 is 0.458 bits per heavy atom. The van der Waals surface area contributed by atoms with Crippen LogP contribution in [0.4, 0.5) is 0 Å². The minimum atomic E-state index is -0.826. The van der Waals surface area contributed by atoms with Gasteiger partial charge < -0.3 is 29.7 Å². The van der Waals surface area contributed by atoms with E-state index in [1.54, 1.807) is 0 Å². The van der Waals surface area contributed by atoms with Crippen molar-refractivity contribution in [1.29, 1.82) is 0 Å². The van der Waals surface area contributed by atoms with Crippen molar-refractivity contribution in [3.8, 4) is 0 Å². The smallest absolute Gasteiger partial charge is 0.0409 e. The van der Waals surface area contributed by atoms with E-state index >= 15 is 0 Å². The summed E-state index contributed by atoms with van der Waals surface area (Å²) in [6.07, 6.45) is 13.9. The molecule has 1 heterocycles. The van der Waals surface area contributed by atoms with Crippen LogP contribution in [0.3, 0.4) is 0 Å². The standard InChI is InChI=1S/C17H25N.2C10H20.4CH3.4ClH.2Zr/c1-2-7-14(6-1)12-16-10-5-11-17(18-16)13-15-8-3-4-9-15;2*1-6-7(2)9(4)10(5)8(6)3;;;;;;;;;;/h5,10-11,14-15H,1-4,6-9,12-13H2;2*6-10H,1-5H3;4*1H3;4*1H;;/q;;;4*-1;;;;;2*+4/p-4. The van der Waals surface area contributed by atoms with Crippen molar-refractivity contribution >= 4 is 34.1 Å². The molecule has 0 aromatic carbocycles. The average molecular weight is 908 g/mol. The van der Waals surface area contributed by atoms with E-state index < -0.39 is 41.7 Å². The Hall–Kier alpha value is 2.08. The molecule has 0 spiro atoms. The molecule has 1 nitrogen and oxygen atoms in total. The van der Waals surface area contributed by atoms with Crippen molar-refractivity contribution in [3.05, 3.63) is 59.3 Å². The van der Waals surface area contributed by atoms with Gasteiger partial charge >= 0.3 is 75.7 Å². The summed E-state index contributed by atoms with van der Waals surface area (Å²) >= 11 is -1.65. The predicted octanol–water partition coefficient (Wildman–Crippen LogP) is 15.5. The van der Waals surface area contributed by atoms with Crippen LogP contribution in [0.15, 0.2) is 18.2 Å². The summed E-state index contributed by atoms with van der Waals surface area (Å²) in [5, 5.41) is 0. The number of rotatable bonds is 4. The molecule has 4 fully saturated rings. The molecule has 48 heavy (non-hydrogen) atoms. The van der Waals surface area contributed by atoms with Gasteiger partial charge in [-0.15, -0.1) is 0 Å². The van der Waals surface area contributed by atoms with Crippen LogP contribution in [0.5, 0.6) is 0 Å². The van der Waals surface area contributed by atoms with E-state index in [4.69, 9.17) is 39.0 Å². The molecule has 4 saturated carbocycles. The monoisotopic (exact) mass is 903 g/mol. The van der Waals surface area contributed by atoms with E-state index in [-0.39, 0.29) is 29.7 Å². The number of hydrogen-bond acceptors (Lipinski definition) is 1. The Labute approximate surface area is 341 Å². The van der Waals surface area contributed by atoms with Gasteiger partial charge in [0, 0.05) is 11.4 Å². The maximum Gasteiger partial charge on any atom is 0.0409 e. The number of nitrogens with zero attached hydrogens (tertiary/aromatic N) is 1. The van der Waals surface area contributed by atoms with Crippen LogP contribution in [0.2, 0.25) is 0 Å². The fourth-order valence-corrected chi connectivity index (χ4v) is 8.57. The molecular formula is C41H77Cl4NZr2. The van der Waals surface area contributed by atoms with Crippen LogP contribution in [0.25, 0.3) is 0 Å². The van der Waals surface area contributed by atoms with Crippen molar-refractivity contribution in [3.63, 3.8) is 0 Å². The normalized spacial score (nSPS) is 31.7. The molecule has 0 radical (unpaired) electrons. The van der Waals surface area contributed by atoms with Crippen LogP contribution in [-0.4, -0.2) is 4.98 Å². The quantitative estimate of drug-likeness (QED) is 0.274. The average Bonchev–Trinajstić information content (AvgIpc) is 3.78. The third-order valence-corrected chi connectivity index (χ3v) is 13.1. The number of aromatic nitrogens is 1. The zero-order chi connectivity index (χ0) is 33.4. The molecule has 0 bridgehead atoms. The van der Waals surface area contributed by atoms with E-state index in [1.807, 2.05) is 0 Å². The van der Waals surface area contributed by atoms with E-state index in [1.165, 1.54) is 75.6 Å². The van der Waals surface area contributed by atoms with Gasteiger partial charge in [0.2, 0.25) is 0 Å². The van der Waals surface area contributed by atoms with Crippen LogP contribution >= 0.6 is 34.1 Å². The Bertz CT molecular complexity index is 710. The van der Waals surface area contributed by atoms with Gasteiger partial charge in [0.25, 0.3) is 0 Å². The topological polar surface area (TPSA) is 12.9 Å². The summed E-state index contributed by atoms with van der Waals surface area (Å²) in [6.45, 7) is 24.0. The number of hydrogen-bond donors (Lipinski definition) is 0. The zero-order valence-electron chi connectivity index (χ0n) is 33.7. The second-order valence-electron chi connectivity index (χ2n) is 15.1. The first kappa shape index (κ1) is 56.8. The molecule has 0 amide bonds. The molecule has 5 rings (SSSR count). The first-order chi connectivity index (χ1) is 20.8. The first-order valence-corrected chi connectivity index (χ1v) is 30.4. The zero-order valence-corrected chi connectivity index (χ0v) is 41.6. The molecule has 7 heteroatoms. The van der Waals surface area contributed by atoms with Crippen molar-refractivity contribution in [1.82, 2.24) is 4.98 Å². The molecule has 4 aliphatic carbocycles. The Morgan fingerprint density at radius 3 is 0.833 bits per heavy atom. The third kappa shape index (κ3) is 19.4. The van der Waals surface area contributed by atoms with E-state index in [0.717, 1.165) is 71.0 Å². The SMILES string of the molecule is CC1C(C)C(C)C(C)C1C.CC1C(C)C(C)C(C)C1C.[CH3-].[CH3-].[CH3-].[CH3-].[Cl][Zr+2][Cl].[Cl][Zr+2][Cl].c1cc(CC2CCCC2)nc(CC2CCCC2)c1. The third-order valence-electron chi connectivity index (χ3n) is 13.1. The van der Waals surface area contributed by atoms with Crippen LogP contribution < -0.4 is 0 Å². The molecule has 4 aliphatic rings. The van der Waals surface area contributed by atoms with Crippen molar-refractivity contribution in [2.24, 2.45) is 71.0 Å². The number of halogens is 4. The van der Waals surface area contributed by atoms with Gasteiger partial charge in [-0.2, -0.15) is 0 Å². The summed E-state index contributed by atoms with van der Waals surface area (Å²) in [6, 6.07) is 6.69. The second kappa shape index (κ2) is 31.4. The van der Waals surface area contributed by atoms with E-state index in [0.29, 0.717) is 0 Å². The number of pyridine rings is 1. The van der Waals surface area contributed by atoms with Gasteiger partial charge in [-0.1, -0.05) is 127 Å². The minimum Gasteiger partial charge on any atom is -0.258 e. The van der Waals surface area contributed by atoms with Crippen LogP contribution in [0.1, 0.15) is 132 Å². The summed E-state index contributed by atoms with van der Waals surface area (Å²) in [5.74, 6) is 11.2. The van der Waals surface area contributed by atoms with Gasteiger partial charge in [-0.05, 0) is 96.0 Å². The molecule has 0 aliphatic heterocycles. The van der Waals surface area contributed by atoms with E-state index in [9.17, 15) is 0 Å². The van der Waals surface area contributed by atoms with E-state index in [2.05, 4.69) is 87.4 Å². The maximum atomic E-state index is 4.93. The Balaban J connectivity index is -0.000000282. The fraction of sp³-hybridized carbons (Fsp3) is 0.780. The summed E-state index contributed by atoms with van der Waals surface area (Å²) < 4.78 is 0. The molecule has 0 unspecified atom stereocenters. The van der Waals surface area contributed by atoms with Crippen molar-refractivity contribution in [2.45, 2.75) is 133 Å². The van der Waals surface area contributed by atoms with Gasteiger partial charge in [0.05, 0.1) is 0 Å². The summed E-state index contributed by atoms with van der Waals surface area (Å²) in [5.41, 5.74) is 2.69. The minimum absolute atomic E-state index is 0. The molecular weight excluding hydrogens is 831 g/mol. The van der Waals surface area contributed by atoms with Gasteiger partial charge in [-0.25, -0.2) is 0 Å². The molecule has 0 atom stereocenters.